The molecule has 0 bridgehead atoms. The van der Waals surface area contributed by atoms with Crippen LogP contribution in [0.1, 0.15) is 5.56 Å². The molecule has 1 fully saturated rings. The number of anilines is 1. The lowest BCUT2D eigenvalue weighted by molar-refractivity contribution is 0.148. The van der Waals surface area contributed by atoms with E-state index in [0.29, 0.717) is 35.2 Å². The lowest BCUT2D eigenvalue weighted by atomic mass is 10.1. The zero-order chi connectivity index (χ0) is 18.5. The van der Waals surface area contributed by atoms with E-state index in [1.54, 1.807) is 29.2 Å². The highest BCUT2D eigenvalue weighted by Crippen LogP contribution is 2.22. The maximum absolute atomic E-state index is 13.7. The van der Waals surface area contributed by atoms with Crippen molar-refractivity contribution in [3.05, 3.63) is 63.9 Å². The summed E-state index contributed by atoms with van der Waals surface area (Å²) in [6.07, 6.45) is 0.667. The topological polar surface area (TPSA) is 35.6 Å². The number of hydrogen-bond donors (Lipinski definition) is 1. The SMILES string of the molecule is O=C(Nc1cc(Cl)cc(Cl)c1)N1CCN(CCc2ccccc2F)CC1. The van der Waals surface area contributed by atoms with Gasteiger partial charge in [-0.2, -0.15) is 0 Å². The lowest BCUT2D eigenvalue weighted by Crippen LogP contribution is -2.50. The molecule has 4 nitrogen and oxygen atoms in total. The Kier molecular flexibility index (Phi) is 6.35. The molecule has 0 aliphatic carbocycles. The van der Waals surface area contributed by atoms with Gasteiger partial charge < -0.3 is 10.2 Å². The van der Waals surface area contributed by atoms with Crippen molar-refractivity contribution in [3.63, 3.8) is 0 Å². The number of hydrogen-bond acceptors (Lipinski definition) is 2. The summed E-state index contributed by atoms with van der Waals surface area (Å²) in [6, 6.07) is 11.6. The molecule has 0 unspecified atom stereocenters. The Bertz CT molecular complexity index is 759. The van der Waals surface area contributed by atoms with Gasteiger partial charge in [-0.3, -0.25) is 4.90 Å². The maximum Gasteiger partial charge on any atom is 0.321 e. The van der Waals surface area contributed by atoms with E-state index in [4.69, 9.17) is 23.2 Å². The maximum atomic E-state index is 13.7. The molecule has 138 valence electrons. The molecular formula is C19H20Cl2FN3O. The number of rotatable bonds is 4. The zero-order valence-corrected chi connectivity index (χ0v) is 15.7. The standard InChI is InChI=1S/C19H20Cl2FN3O/c20-15-11-16(21)13-17(12-15)23-19(26)25-9-7-24(8-10-25)6-5-14-3-1-2-4-18(14)22/h1-4,11-13H,5-10H2,(H,23,26). The first-order valence-electron chi connectivity index (χ1n) is 8.49. The van der Waals surface area contributed by atoms with E-state index in [1.807, 2.05) is 12.1 Å². The summed E-state index contributed by atoms with van der Waals surface area (Å²) < 4.78 is 13.7. The molecule has 2 aromatic carbocycles. The Morgan fingerprint density at radius 2 is 1.69 bits per heavy atom. The van der Waals surface area contributed by atoms with Gasteiger partial charge in [-0.15, -0.1) is 0 Å². The molecule has 2 aromatic rings. The van der Waals surface area contributed by atoms with Crippen molar-refractivity contribution < 1.29 is 9.18 Å². The van der Waals surface area contributed by atoms with Crippen LogP contribution in [0.25, 0.3) is 0 Å². The van der Waals surface area contributed by atoms with Crippen molar-refractivity contribution in [3.8, 4) is 0 Å². The van der Waals surface area contributed by atoms with Crippen LogP contribution >= 0.6 is 23.2 Å². The lowest BCUT2D eigenvalue weighted by Gasteiger charge is -2.34. The van der Waals surface area contributed by atoms with Gasteiger partial charge in [-0.05, 0) is 36.2 Å². The van der Waals surface area contributed by atoms with Crippen molar-refractivity contribution in [2.45, 2.75) is 6.42 Å². The second kappa shape index (κ2) is 8.71. The number of carbonyl (C=O) groups excluding carboxylic acids is 1. The number of urea groups is 1. The van der Waals surface area contributed by atoms with Gasteiger partial charge in [0, 0.05) is 48.5 Å². The highest BCUT2D eigenvalue weighted by Gasteiger charge is 2.21. The Balaban J connectivity index is 1.47. The first-order chi connectivity index (χ1) is 12.5. The fourth-order valence-corrected chi connectivity index (χ4v) is 3.51. The van der Waals surface area contributed by atoms with Crippen LogP contribution in [-0.4, -0.2) is 48.6 Å². The first kappa shape index (κ1) is 19.0. The molecule has 26 heavy (non-hydrogen) atoms. The molecule has 1 saturated heterocycles. The summed E-state index contributed by atoms with van der Waals surface area (Å²) in [7, 11) is 0. The highest BCUT2D eigenvalue weighted by molar-refractivity contribution is 6.35. The largest absolute Gasteiger partial charge is 0.322 e. The number of halogens is 3. The van der Waals surface area contributed by atoms with E-state index in [0.717, 1.165) is 25.2 Å². The van der Waals surface area contributed by atoms with Crippen LogP contribution in [0.15, 0.2) is 42.5 Å². The molecule has 1 heterocycles. The molecule has 0 radical (unpaired) electrons. The van der Waals surface area contributed by atoms with Crippen molar-refractivity contribution >= 4 is 34.9 Å². The Hall–Kier alpha value is -1.82. The van der Waals surface area contributed by atoms with E-state index < -0.39 is 0 Å². The van der Waals surface area contributed by atoms with Crippen LogP contribution in [0.5, 0.6) is 0 Å². The molecule has 1 N–H and O–H groups in total. The van der Waals surface area contributed by atoms with Crippen LogP contribution < -0.4 is 5.32 Å². The number of nitrogens with zero attached hydrogens (tertiary/aromatic N) is 2. The minimum Gasteiger partial charge on any atom is -0.322 e. The van der Waals surface area contributed by atoms with E-state index in [9.17, 15) is 9.18 Å². The van der Waals surface area contributed by atoms with Gasteiger partial charge in [0.05, 0.1) is 0 Å². The quantitative estimate of drug-likeness (QED) is 0.825. The van der Waals surface area contributed by atoms with E-state index >= 15 is 0 Å². The monoisotopic (exact) mass is 395 g/mol. The third-order valence-corrected chi connectivity index (χ3v) is 4.86. The number of piperazine rings is 1. The summed E-state index contributed by atoms with van der Waals surface area (Å²) >= 11 is 11.9. The molecular weight excluding hydrogens is 376 g/mol. The van der Waals surface area contributed by atoms with Crippen LogP contribution in [0.4, 0.5) is 14.9 Å². The fourth-order valence-electron chi connectivity index (χ4n) is 2.98. The summed E-state index contributed by atoms with van der Waals surface area (Å²) in [5.41, 5.74) is 1.31. The van der Waals surface area contributed by atoms with Gasteiger partial charge >= 0.3 is 6.03 Å². The molecule has 0 aromatic heterocycles. The summed E-state index contributed by atoms with van der Waals surface area (Å²) in [5.74, 6) is -0.161. The zero-order valence-electron chi connectivity index (χ0n) is 14.2. The van der Waals surface area contributed by atoms with Gasteiger partial charge in [-0.25, -0.2) is 9.18 Å². The third-order valence-electron chi connectivity index (χ3n) is 4.43. The van der Waals surface area contributed by atoms with Crippen LogP contribution in [0.2, 0.25) is 10.0 Å². The molecule has 7 heteroatoms. The van der Waals surface area contributed by atoms with Crippen molar-refractivity contribution in [2.24, 2.45) is 0 Å². The van der Waals surface area contributed by atoms with Gasteiger partial charge in [0.2, 0.25) is 0 Å². The van der Waals surface area contributed by atoms with E-state index in [-0.39, 0.29) is 11.8 Å². The van der Waals surface area contributed by atoms with Gasteiger partial charge in [0.25, 0.3) is 0 Å². The predicted octanol–water partition coefficient (Wildman–Crippen LogP) is 4.52. The average molecular weight is 396 g/mol. The van der Waals surface area contributed by atoms with Crippen LogP contribution in [-0.2, 0) is 6.42 Å². The van der Waals surface area contributed by atoms with E-state index in [2.05, 4.69) is 10.2 Å². The van der Waals surface area contributed by atoms with Gasteiger partial charge in [0.1, 0.15) is 5.82 Å². The van der Waals surface area contributed by atoms with Crippen LogP contribution in [0.3, 0.4) is 0 Å². The number of benzene rings is 2. The van der Waals surface area contributed by atoms with Gasteiger partial charge in [-0.1, -0.05) is 41.4 Å². The predicted molar refractivity (Wildman–Crippen MR) is 104 cm³/mol. The Morgan fingerprint density at radius 1 is 1.04 bits per heavy atom. The number of nitrogens with one attached hydrogen (secondary N) is 1. The summed E-state index contributed by atoms with van der Waals surface area (Å²) in [4.78, 5) is 16.4. The van der Waals surface area contributed by atoms with Crippen molar-refractivity contribution in [1.82, 2.24) is 9.80 Å². The summed E-state index contributed by atoms with van der Waals surface area (Å²) in [6.45, 7) is 3.55. The molecule has 2 amide bonds. The Labute approximate surface area is 162 Å². The average Bonchev–Trinajstić information content (AvgIpc) is 2.60. The third kappa shape index (κ3) is 5.10. The number of carbonyl (C=O) groups is 1. The molecule has 0 atom stereocenters. The smallest absolute Gasteiger partial charge is 0.321 e. The van der Waals surface area contributed by atoms with Crippen LogP contribution in [0, 0.1) is 5.82 Å². The molecule has 3 rings (SSSR count). The molecule has 0 saturated carbocycles. The Morgan fingerprint density at radius 3 is 2.35 bits per heavy atom. The normalized spacial score (nSPS) is 15.1. The second-order valence-corrected chi connectivity index (χ2v) is 7.13. The molecule has 0 spiro atoms. The fraction of sp³-hybridized carbons (Fsp3) is 0.316. The molecule has 1 aliphatic rings. The van der Waals surface area contributed by atoms with E-state index in [1.165, 1.54) is 6.07 Å². The molecule has 1 aliphatic heterocycles. The first-order valence-corrected chi connectivity index (χ1v) is 9.24. The summed E-state index contributed by atoms with van der Waals surface area (Å²) in [5, 5.41) is 3.78. The minimum atomic E-state index is -0.169. The van der Waals surface area contributed by atoms with Gasteiger partial charge in [0.15, 0.2) is 0 Å². The van der Waals surface area contributed by atoms with Crippen molar-refractivity contribution in [1.29, 1.82) is 0 Å². The number of amides is 2. The minimum absolute atomic E-state index is 0.161. The highest BCUT2D eigenvalue weighted by atomic mass is 35.5. The second-order valence-electron chi connectivity index (χ2n) is 6.26. The van der Waals surface area contributed by atoms with Crippen molar-refractivity contribution in [2.75, 3.05) is 38.0 Å².